The number of hydrogen-bond donors (Lipinski definition) is 0. The Kier molecular flexibility index (Phi) is 2.01. The van der Waals surface area contributed by atoms with Gasteiger partial charge in [0.25, 0.3) is 3.79 Å². The Morgan fingerprint density at radius 3 is 1.82 bits per heavy atom. The summed E-state index contributed by atoms with van der Waals surface area (Å²) in [5.74, 6) is 0. The van der Waals surface area contributed by atoms with Gasteiger partial charge in [0.1, 0.15) is 6.07 Å². The fraction of sp³-hybridized carbons (Fsp3) is 0.667. The molecule has 1 heterocycles. The van der Waals surface area contributed by atoms with E-state index in [2.05, 4.69) is 20.7 Å². The van der Waals surface area contributed by atoms with Gasteiger partial charge in [0.15, 0.2) is 0 Å². The Morgan fingerprint density at radius 2 is 1.64 bits per heavy atom. The molecule has 5 nitrogen and oxygen atoms in total. The number of nitrogens with zero attached hydrogens (tertiary/aromatic N) is 5. The molecule has 1 rings (SSSR count). The normalized spacial score (nSPS) is 20.2. The van der Waals surface area contributed by atoms with Gasteiger partial charge in [0.2, 0.25) is 0 Å². The average Bonchev–Trinajstić information content (AvgIpc) is 2.33. The average molecular weight is 212 g/mol. The first kappa shape index (κ1) is 8.65. The van der Waals surface area contributed by atoms with Gasteiger partial charge in [0.05, 0.1) is 0 Å². The van der Waals surface area contributed by atoms with Crippen molar-refractivity contribution in [2.75, 3.05) is 0 Å². The summed E-state index contributed by atoms with van der Waals surface area (Å²) in [5.41, 5.74) is -1.81. The van der Waals surface area contributed by atoms with Gasteiger partial charge in [-0.05, 0) is 10.4 Å². The van der Waals surface area contributed by atoms with E-state index >= 15 is 0 Å². The number of nitriles is 1. The summed E-state index contributed by atoms with van der Waals surface area (Å²) in [6, 6.07) is 1.60. The Labute approximate surface area is 76.6 Å². The number of rotatable bonds is 0. The van der Waals surface area contributed by atoms with Crippen molar-refractivity contribution in [2.24, 2.45) is 20.7 Å². The molecular formula is C3Cl3N5. The van der Waals surface area contributed by atoms with Crippen LogP contribution in [-0.2, 0) is 0 Å². The van der Waals surface area contributed by atoms with Crippen molar-refractivity contribution in [3.8, 4) is 6.07 Å². The molecule has 1 aliphatic heterocycles. The summed E-state index contributed by atoms with van der Waals surface area (Å²) in [4.78, 5) is 0. The summed E-state index contributed by atoms with van der Waals surface area (Å²) >= 11 is 16.2. The highest BCUT2D eigenvalue weighted by Crippen LogP contribution is 2.43. The predicted molar refractivity (Wildman–Crippen MR) is 38.3 cm³/mol. The maximum absolute atomic E-state index is 8.54. The molecule has 0 amide bonds. The van der Waals surface area contributed by atoms with Crippen molar-refractivity contribution in [3.05, 3.63) is 0 Å². The smallest absolute Gasteiger partial charge is 0.193 e. The molecule has 0 saturated carbocycles. The summed E-state index contributed by atoms with van der Waals surface area (Å²) in [6.45, 7) is 0. The third kappa shape index (κ3) is 1.29. The van der Waals surface area contributed by atoms with Gasteiger partial charge in [-0.15, -0.1) is 10.2 Å². The van der Waals surface area contributed by atoms with Crippen LogP contribution in [0.4, 0.5) is 0 Å². The minimum absolute atomic E-state index is 1.60. The molecule has 8 heteroatoms. The van der Waals surface area contributed by atoms with Crippen LogP contribution in [0.3, 0.4) is 0 Å². The summed E-state index contributed by atoms with van der Waals surface area (Å²) < 4.78 is -1.94. The minimum atomic E-state index is -1.94. The van der Waals surface area contributed by atoms with E-state index in [1.165, 1.54) is 0 Å². The van der Waals surface area contributed by atoms with Gasteiger partial charge in [0, 0.05) is 0 Å². The molecular weight excluding hydrogens is 212 g/mol. The van der Waals surface area contributed by atoms with Crippen LogP contribution in [0.25, 0.3) is 0 Å². The van der Waals surface area contributed by atoms with Crippen LogP contribution in [0, 0.1) is 11.3 Å². The van der Waals surface area contributed by atoms with Crippen LogP contribution in [0.15, 0.2) is 20.7 Å². The molecule has 58 valence electrons. The van der Waals surface area contributed by atoms with Gasteiger partial charge in [-0.1, -0.05) is 34.8 Å². The fourth-order valence-corrected chi connectivity index (χ4v) is 0.764. The zero-order valence-electron chi connectivity index (χ0n) is 4.87. The summed E-state index contributed by atoms with van der Waals surface area (Å²) in [7, 11) is 0. The number of alkyl halides is 3. The molecule has 0 N–H and O–H groups in total. The molecule has 0 bridgehead atoms. The van der Waals surface area contributed by atoms with Crippen LogP contribution in [0.5, 0.6) is 0 Å². The van der Waals surface area contributed by atoms with E-state index in [4.69, 9.17) is 40.1 Å². The molecule has 0 aliphatic carbocycles. The van der Waals surface area contributed by atoms with E-state index in [1.807, 2.05) is 0 Å². The Balaban J connectivity index is 3.07. The number of halogens is 3. The number of hydrogen-bond acceptors (Lipinski definition) is 5. The van der Waals surface area contributed by atoms with E-state index in [-0.39, 0.29) is 0 Å². The SMILES string of the molecule is N#CC1(C(Cl)(Cl)Cl)N=NN=N1. The first-order valence-corrected chi connectivity index (χ1v) is 3.47. The lowest BCUT2D eigenvalue weighted by molar-refractivity contribution is 0.578. The topological polar surface area (TPSA) is 73.2 Å². The third-order valence-corrected chi connectivity index (χ3v) is 1.76. The molecule has 0 aromatic carbocycles. The molecule has 0 atom stereocenters. The lowest BCUT2D eigenvalue weighted by atomic mass is 10.3. The molecule has 0 unspecified atom stereocenters. The molecule has 0 spiro atoms. The van der Waals surface area contributed by atoms with Gasteiger partial charge in [-0.2, -0.15) is 5.26 Å². The molecule has 0 saturated heterocycles. The van der Waals surface area contributed by atoms with Crippen molar-refractivity contribution in [1.29, 1.82) is 5.26 Å². The Bertz CT molecular complexity index is 245. The van der Waals surface area contributed by atoms with E-state index in [0.717, 1.165) is 0 Å². The minimum Gasteiger partial charge on any atom is -0.193 e. The third-order valence-electron chi connectivity index (χ3n) is 0.970. The van der Waals surface area contributed by atoms with Crippen LogP contribution < -0.4 is 0 Å². The molecule has 1 aliphatic rings. The summed E-state index contributed by atoms with van der Waals surface area (Å²) in [6.07, 6.45) is 0. The van der Waals surface area contributed by atoms with E-state index in [0.29, 0.717) is 0 Å². The van der Waals surface area contributed by atoms with Crippen molar-refractivity contribution in [3.63, 3.8) is 0 Å². The predicted octanol–water partition coefficient (Wildman–Crippen LogP) is 2.41. The highest BCUT2D eigenvalue weighted by Gasteiger charge is 2.53. The van der Waals surface area contributed by atoms with Gasteiger partial charge >= 0.3 is 5.66 Å². The monoisotopic (exact) mass is 211 g/mol. The zero-order chi connectivity index (χ0) is 8.54. The van der Waals surface area contributed by atoms with Crippen LogP contribution >= 0.6 is 34.8 Å². The molecule has 0 radical (unpaired) electrons. The molecule has 0 aromatic rings. The highest BCUT2D eigenvalue weighted by molar-refractivity contribution is 6.68. The van der Waals surface area contributed by atoms with Crippen molar-refractivity contribution < 1.29 is 0 Å². The zero-order valence-corrected chi connectivity index (χ0v) is 7.14. The van der Waals surface area contributed by atoms with Crippen LogP contribution in [0.2, 0.25) is 0 Å². The second kappa shape index (κ2) is 2.55. The van der Waals surface area contributed by atoms with Crippen molar-refractivity contribution in [1.82, 2.24) is 0 Å². The van der Waals surface area contributed by atoms with E-state index in [9.17, 15) is 0 Å². The standard InChI is InChI=1S/C3Cl3N5/c4-3(5,6)2(1-7)8-10-11-9-2. The second-order valence-electron chi connectivity index (χ2n) is 1.66. The maximum atomic E-state index is 8.54. The van der Waals surface area contributed by atoms with Gasteiger partial charge in [-0.25, -0.2) is 0 Å². The van der Waals surface area contributed by atoms with Crippen molar-refractivity contribution >= 4 is 34.8 Å². The first-order chi connectivity index (χ1) is 5.02. The molecule has 0 aromatic heterocycles. The Morgan fingerprint density at radius 1 is 1.18 bits per heavy atom. The van der Waals surface area contributed by atoms with E-state index < -0.39 is 9.46 Å². The highest BCUT2D eigenvalue weighted by atomic mass is 35.6. The maximum Gasteiger partial charge on any atom is 0.325 e. The Hall–Kier alpha value is -0.440. The molecule has 11 heavy (non-hydrogen) atoms. The lowest BCUT2D eigenvalue weighted by Gasteiger charge is -2.18. The lowest BCUT2D eigenvalue weighted by Crippen LogP contribution is -2.35. The van der Waals surface area contributed by atoms with E-state index in [1.54, 1.807) is 6.07 Å². The van der Waals surface area contributed by atoms with Crippen LogP contribution in [-0.4, -0.2) is 9.46 Å². The van der Waals surface area contributed by atoms with Crippen LogP contribution in [0.1, 0.15) is 0 Å². The first-order valence-electron chi connectivity index (χ1n) is 2.34. The molecule has 0 fully saturated rings. The van der Waals surface area contributed by atoms with Gasteiger partial charge < -0.3 is 0 Å². The van der Waals surface area contributed by atoms with Gasteiger partial charge in [-0.3, -0.25) is 0 Å². The second-order valence-corrected chi connectivity index (χ2v) is 3.94. The quantitative estimate of drug-likeness (QED) is 0.568. The largest absolute Gasteiger partial charge is 0.325 e. The fourth-order valence-electron chi connectivity index (χ4n) is 0.411. The summed E-state index contributed by atoms with van der Waals surface area (Å²) in [5, 5.41) is 21.3. The van der Waals surface area contributed by atoms with Crippen molar-refractivity contribution in [2.45, 2.75) is 9.46 Å².